The molecule has 0 aliphatic carbocycles. The Kier molecular flexibility index (Phi) is 7.03. The summed E-state index contributed by atoms with van der Waals surface area (Å²) in [6, 6.07) is 21.2. The van der Waals surface area contributed by atoms with Crippen molar-refractivity contribution in [1.82, 2.24) is 14.8 Å². The number of hydrogen-bond acceptors (Lipinski definition) is 6. The number of benzene rings is 2. The lowest BCUT2D eigenvalue weighted by Crippen LogP contribution is -2.48. The first-order valence-corrected chi connectivity index (χ1v) is 12.5. The Hall–Kier alpha value is -4.01. The molecule has 2 aliphatic heterocycles. The summed E-state index contributed by atoms with van der Waals surface area (Å²) in [6.45, 7) is 4.18. The van der Waals surface area contributed by atoms with Gasteiger partial charge in [-0.15, -0.1) is 0 Å². The van der Waals surface area contributed by atoms with Crippen LogP contribution in [0.15, 0.2) is 72.9 Å². The van der Waals surface area contributed by atoms with Crippen molar-refractivity contribution in [3.8, 4) is 0 Å². The van der Waals surface area contributed by atoms with Gasteiger partial charge in [0.05, 0.1) is 23.5 Å². The fourth-order valence-corrected chi connectivity index (χ4v) is 4.71. The number of amides is 2. The molecular formula is C29H32N6O2. The molecule has 0 atom stereocenters. The Morgan fingerprint density at radius 2 is 1.65 bits per heavy atom. The Morgan fingerprint density at radius 1 is 0.946 bits per heavy atom. The lowest BCUT2D eigenvalue weighted by atomic mass is 10.0. The van der Waals surface area contributed by atoms with E-state index in [4.69, 9.17) is 0 Å². The quantitative estimate of drug-likeness (QED) is 0.529. The summed E-state index contributed by atoms with van der Waals surface area (Å²) in [4.78, 5) is 38.5. The average molecular weight is 497 g/mol. The number of rotatable bonds is 6. The summed E-state index contributed by atoms with van der Waals surface area (Å²) in [5.41, 5.74) is 5.20. The van der Waals surface area contributed by atoms with Crippen LogP contribution in [0.5, 0.6) is 0 Å². The van der Waals surface area contributed by atoms with E-state index < -0.39 is 0 Å². The van der Waals surface area contributed by atoms with Crippen molar-refractivity contribution in [2.45, 2.75) is 0 Å². The molecule has 5 rings (SSSR count). The first-order valence-electron chi connectivity index (χ1n) is 12.5. The zero-order valence-corrected chi connectivity index (χ0v) is 21.5. The van der Waals surface area contributed by atoms with Gasteiger partial charge in [-0.1, -0.05) is 30.3 Å². The number of nitrogens with zero attached hydrogens (tertiary/aromatic N) is 5. The highest BCUT2D eigenvalue weighted by molar-refractivity contribution is 6.37. The minimum absolute atomic E-state index is 0.0691. The van der Waals surface area contributed by atoms with E-state index >= 15 is 0 Å². The number of piperazine rings is 1. The predicted molar refractivity (Wildman–Crippen MR) is 148 cm³/mol. The van der Waals surface area contributed by atoms with Crippen molar-refractivity contribution >= 4 is 40.1 Å². The number of fused-ring (bicyclic) bond motifs is 1. The zero-order chi connectivity index (χ0) is 25.9. The number of nitrogens with one attached hydrogen (secondary N) is 1. The van der Waals surface area contributed by atoms with E-state index in [9.17, 15) is 9.59 Å². The van der Waals surface area contributed by atoms with Crippen LogP contribution in [0.3, 0.4) is 0 Å². The molecule has 0 unspecified atom stereocenters. The molecule has 8 nitrogen and oxygen atoms in total. The maximum Gasteiger partial charge on any atom is 0.262 e. The van der Waals surface area contributed by atoms with Gasteiger partial charge in [0.1, 0.15) is 5.69 Å². The van der Waals surface area contributed by atoms with Gasteiger partial charge in [0, 0.05) is 57.8 Å². The normalized spacial score (nSPS) is 17.5. The molecule has 190 valence electrons. The van der Waals surface area contributed by atoms with Crippen LogP contribution < -0.4 is 15.1 Å². The molecule has 37 heavy (non-hydrogen) atoms. The largest absolute Gasteiger partial charge is 0.354 e. The van der Waals surface area contributed by atoms with E-state index in [1.165, 1.54) is 0 Å². The van der Waals surface area contributed by atoms with Crippen LogP contribution in [-0.2, 0) is 9.59 Å². The lowest BCUT2D eigenvalue weighted by molar-refractivity contribution is -0.119. The Morgan fingerprint density at radius 3 is 2.35 bits per heavy atom. The SMILES string of the molecule is CN1CCN(CC(=O)N(C)c2ccc(N/C(=C3\C(=O)N(C)c4cccnc43)c3ccccc3)cc2)CC1. The van der Waals surface area contributed by atoms with Crippen molar-refractivity contribution in [2.24, 2.45) is 0 Å². The topological polar surface area (TPSA) is 72.0 Å². The number of pyridine rings is 1. The van der Waals surface area contributed by atoms with E-state index in [0.29, 0.717) is 23.5 Å². The van der Waals surface area contributed by atoms with E-state index in [-0.39, 0.29) is 11.8 Å². The third-order valence-corrected chi connectivity index (χ3v) is 7.07. The van der Waals surface area contributed by atoms with Crippen molar-refractivity contribution in [3.05, 3.63) is 84.2 Å². The van der Waals surface area contributed by atoms with Gasteiger partial charge in [-0.05, 0) is 49.0 Å². The molecule has 0 bridgehead atoms. The number of carbonyl (C=O) groups excluding carboxylic acids is 2. The molecule has 3 aromatic rings. The fourth-order valence-electron chi connectivity index (χ4n) is 4.71. The van der Waals surface area contributed by atoms with E-state index in [2.05, 4.69) is 27.1 Å². The molecule has 1 aromatic heterocycles. The Labute approximate surface area is 217 Å². The molecule has 0 radical (unpaired) electrons. The third-order valence-electron chi connectivity index (χ3n) is 7.07. The number of aromatic nitrogens is 1. The van der Waals surface area contributed by atoms with Crippen LogP contribution in [0, 0.1) is 0 Å². The van der Waals surface area contributed by atoms with Crippen molar-refractivity contribution < 1.29 is 9.59 Å². The van der Waals surface area contributed by atoms with Gasteiger partial charge in [-0.25, -0.2) is 0 Å². The summed E-state index contributed by atoms with van der Waals surface area (Å²) in [5, 5.41) is 3.47. The van der Waals surface area contributed by atoms with Crippen LogP contribution in [0.1, 0.15) is 11.3 Å². The maximum atomic E-state index is 13.3. The molecule has 1 saturated heterocycles. The van der Waals surface area contributed by atoms with Gasteiger partial charge >= 0.3 is 0 Å². The molecule has 1 N–H and O–H groups in total. The summed E-state index contributed by atoms with van der Waals surface area (Å²) in [6.07, 6.45) is 1.71. The van der Waals surface area contributed by atoms with Crippen molar-refractivity contribution in [3.63, 3.8) is 0 Å². The van der Waals surface area contributed by atoms with Crippen molar-refractivity contribution in [2.75, 3.05) is 69.0 Å². The Bertz CT molecular complexity index is 1310. The monoisotopic (exact) mass is 496 g/mol. The van der Waals surface area contributed by atoms with E-state index in [1.807, 2.05) is 73.8 Å². The molecule has 2 amide bonds. The minimum atomic E-state index is -0.106. The Balaban J connectivity index is 1.39. The van der Waals surface area contributed by atoms with Crippen LogP contribution in [0.25, 0.3) is 11.3 Å². The number of carbonyl (C=O) groups is 2. The molecule has 0 saturated carbocycles. The minimum Gasteiger partial charge on any atom is -0.354 e. The van der Waals surface area contributed by atoms with Gasteiger partial charge in [-0.3, -0.25) is 19.5 Å². The van der Waals surface area contributed by atoms with Gasteiger partial charge < -0.3 is 20.0 Å². The third kappa shape index (κ3) is 5.12. The van der Waals surface area contributed by atoms with Crippen LogP contribution in [0.2, 0.25) is 0 Å². The summed E-state index contributed by atoms with van der Waals surface area (Å²) in [7, 11) is 5.69. The van der Waals surface area contributed by atoms with Gasteiger partial charge in [0.15, 0.2) is 0 Å². The van der Waals surface area contributed by atoms with Gasteiger partial charge in [0.25, 0.3) is 5.91 Å². The fraction of sp³-hybridized carbons (Fsp3) is 0.276. The lowest BCUT2D eigenvalue weighted by Gasteiger charge is -2.32. The summed E-state index contributed by atoms with van der Waals surface area (Å²) >= 11 is 0. The predicted octanol–water partition coefficient (Wildman–Crippen LogP) is 3.25. The number of likely N-dealkylation sites (N-methyl/N-ethyl adjacent to an activating group) is 3. The highest BCUT2D eigenvalue weighted by Gasteiger charge is 2.34. The molecule has 0 spiro atoms. The molecule has 3 heterocycles. The van der Waals surface area contributed by atoms with E-state index in [1.54, 1.807) is 23.0 Å². The molecule has 1 fully saturated rings. The second kappa shape index (κ2) is 10.5. The second-order valence-corrected chi connectivity index (χ2v) is 9.56. The maximum absolute atomic E-state index is 13.3. The number of anilines is 3. The first kappa shape index (κ1) is 24.7. The van der Waals surface area contributed by atoms with Crippen LogP contribution in [-0.4, -0.2) is 80.5 Å². The molecule has 8 heteroatoms. The smallest absolute Gasteiger partial charge is 0.262 e. The molecule has 2 aliphatic rings. The summed E-state index contributed by atoms with van der Waals surface area (Å²) in [5.74, 6) is -0.0365. The average Bonchev–Trinajstić information content (AvgIpc) is 3.18. The second-order valence-electron chi connectivity index (χ2n) is 9.56. The van der Waals surface area contributed by atoms with Crippen molar-refractivity contribution in [1.29, 1.82) is 0 Å². The van der Waals surface area contributed by atoms with Gasteiger partial charge in [-0.2, -0.15) is 0 Å². The van der Waals surface area contributed by atoms with Crippen LogP contribution in [0.4, 0.5) is 17.1 Å². The van der Waals surface area contributed by atoms with Gasteiger partial charge in [0.2, 0.25) is 5.91 Å². The number of hydrogen-bond donors (Lipinski definition) is 1. The molecule has 2 aromatic carbocycles. The van der Waals surface area contributed by atoms with Crippen LogP contribution >= 0.6 is 0 Å². The van der Waals surface area contributed by atoms with E-state index in [0.717, 1.165) is 48.8 Å². The zero-order valence-electron chi connectivity index (χ0n) is 21.5. The molecular weight excluding hydrogens is 464 g/mol. The highest BCUT2D eigenvalue weighted by Crippen LogP contribution is 2.39. The summed E-state index contributed by atoms with van der Waals surface area (Å²) < 4.78 is 0. The highest BCUT2D eigenvalue weighted by atomic mass is 16.2. The standard InChI is InChI=1S/C29H32N6O2/c1-32-16-18-35(19-17-32)20-25(36)33(2)23-13-11-22(12-14-23)31-27(21-8-5-4-6-9-21)26-28-24(10-7-15-30-28)34(3)29(26)37/h4-15,31H,16-20H2,1-3H3/b27-26-. The first-order chi connectivity index (χ1) is 17.9.